The van der Waals surface area contributed by atoms with Crippen LogP contribution in [0.2, 0.25) is 13.1 Å². The van der Waals surface area contributed by atoms with Crippen LogP contribution in [-0.4, -0.2) is 15.0 Å². The van der Waals surface area contributed by atoms with E-state index in [9.17, 15) is 0 Å². The van der Waals surface area contributed by atoms with Gasteiger partial charge in [-0.25, -0.2) is 0 Å². The summed E-state index contributed by atoms with van der Waals surface area (Å²) in [5, 5.41) is 0. The molecule has 1 nitrogen and oxygen atoms in total. The molecule has 5 heteroatoms. The Hall–Kier alpha value is 1.47. The molecular weight excluding hydrogens is 233 g/mol. The van der Waals surface area contributed by atoms with Crippen LogP contribution in [0.15, 0.2) is 0 Å². The van der Waals surface area contributed by atoms with Gasteiger partial charge in [0.2, 0.25) is 0 Å². The van der Waals surface area contributed by atoms with E-state index in [0.717, 1.165) is 0 Å². The van der Waals surface area contributed by atoms with Crippen LogP contribution in [0.3, 0.4) is 0 Å². The average Bonchev–Trinajstić information content (AvgIpc) is 1.62. The zero-order valence-corrected chi connectivity index (χ0v) is 11.9. The molecule has 11 heavy (non-hydrogen) atoms. The predicted molar refractivity (Wildman–Crippen MR) is 54.1 cm³/mol. The number of rotatable bonds is 2. The molecule has 0 aromatic rings. The predicted octanol–water partition coefficient (Wildman–Crippen LogP) is 3.85. The second kappa shape index (κ2) is 14.0. The van der Waals surface area contributed by atoms with Crippen LogP contribution in [0.1, 0.15) is 13.8 Å². The number of nitrogens with zero attached hydrogens (tertiary/aromatic N) is 1. The number of hydrogen-bond acceptors (Lipinski definition) is 0. The van der Waals surface area contributed by atoms with Gasteiger partial charge in [0.15, 0.2) is 0 Å². The minimum atomic E-state index is -0.556. The normalized spacial score (nSPS) is 8.36. The van der Waals surface area contributed by atoms with E-state index in [2.05, 4.69) is 31.9 Å². The van der Waals surface area contributed by atoms with Crippen molar-refractivity contribution in [3.8, 4) is 0 Å². The Kier molecular flexibility index (Phi) is 23.3. The van der Waals surface area contributed by atoms with Gasteiger partial charge < -0.3 is 12.4 Å². The van der Waals surface area contributed by atoms with Crippen LogP contribution in [0, 0.1) is 7.43 Å². The fraction of sp³-hybridized carbons (Fsp3) is 0.833. The molecule has 0 atom stereocenters. The molecule has 0 aliphatic rings. The molecule has 69 valence electrons. The van der Waals surface area contributed by atoms with E-state index in [1.807, 2.05) is 0 Å². The molecule has 0 fully saturated rings. The standard InChI is InChI=1S/C5H13NSi.CH3.2ClH.Ti/c1-5(2)6-7(3)4;;;;/h5H,1-4H3;1H3;2*1H;/q2*-1;;;+2/p-2. The molecule has 0 aliphatic heterocycles. The topological polar surface area (TPSA) is 14.1 Å². The zero-order valence-electron chi connectivity index (χ0n) is 7.78. The Bertz CT molecular complexity index is 58.5. The molecule has 0 amide bonds. The van der Waals surface area contributed by atoms with Gasteiger partial charge in [0.05, 0.1) is 0 Å². The number of hydrogen-bond donors (Lipinski definition) is 0. The van der Waals surface area contributed by atoms with Crippen LogP contribution in [0.4, 0.5) is 0 Å². The molecule has 1 radical (unpaired) electrons. The van der Waals surface area contributed by atoms with Gasteiger partial charge in [-0.3, -0.25) is 0 Å². The molecule has 0 saturated carbocycles. The summed E-state index contributed by atoms with van der Waals surface area (Å²) in [5.74, 6) is 0. The summed E-state index contributed by atoms with van der Waals surface area (Å²) in [6.45, 7) is 8.64. The Labute approximate surface area is 89.6 Å². The molecule has 0 bridgehead atoms. The minimum absolute atomic E-state index is 0. The summed E-state index contributed by atoms with van der Waals surface area (Å²) in [6.07, 6.45) is 0. The van der Waals surface area contributed by atoms with E-state index < -0.39 is 17.0 Å². The van der Waals surface area contributed by atoms with E-state index in [1.54, 1.807) is 0 Å². The van der Waals surface area contributed by atoms with E-state index in [0.29, 0.717) is 6.04 Å². The maximum absolute atomic E-state index is 4.89. The van der Waals surface area contributed by atoms with Crippen LogP contribution < -0.4 is 0 Å². The summed E-state index contributed by atoms with van der Waals surface area (Å²) in [5.41, 5.74) is 0. The molecule has 0 saturated heterocycles. The van der Waals surface area contributed by atoms with Gasteiger partial charge in [0.25, 0.3) is 0 Å². The van der Waals surface area contributed by atoms with Crippen molar-refractivity contribution >= 4 is 27.6 Å². The fourth-order valence-corrected chi connectivity index (χ4v) is 1.55. The van der Waals surface area contributed by atoms with Gasteiger partial charge in [0.1, 0.15) is 0 Å². The molecule has 0 aromatic carbocycles. The van der Waals surface area contributed by atoms with Crippen molar-refractivity contribution in [2.24, 2.45) is 0 Å². The first-order valence-electron chi connectivity index (χ1n) is 3.01. The SMILES string of the molecule is CC(C)[N-][Si](C)C.[CH3-].[Cl][Ti][Cl]. The molecule has 0 rings (SSSR count). The van der Waals surface area contributed by atoms with Crippen molar-refractivity contribution in [2.75, 3.05) is 0 Å². The van der Waals surface area contributed by atoms with E-state index in [-0.39, 0.29) is 16.4 Å². The summed E-state index contributed by atoms with van der Waals surface area (Å²) in [6, 6.07) is 0.545. The second-order valence-electron chi connectivity index (χ2n) is 2.24. The fourth-order valence-electron chi connectivity index (χ4n) is 0.516. The first-order valence-corrected chi connectivity index (χ1v) is 9.76. The third-order valence-corrected chi connectivity index (χ3v) is 1.55. The van der Waals surface area contributed by atoms with E-state index in [4.69, 9.17) is 18.6 Å². The molecular formula is C6H16Cl2NSiTi-2. The van der Waals surface area contributed by atoms with Gasteiger partial charge in [-0.05, 0) is 0 Å². The monoisotopic (exact) mass is 248 g/mol. The Balaban J connectivity index is -0.000000140. The molecule has 0 aliphatic carbocycles. The van der Waals surface area contributed by atoms with Crippen molar-refractivity contribution in [1.29, 1.82) is 0 Å². The van der Waals surface area contributed by atoms with Crippen molar-refractivity contribution in [3.63, 3.8) is 0 Å². The number of halogens is 2. The molecule has 0 aromatic heterocycles. The van der Waals surface area contributed by atoms with Gasteiger partial charge >= 0.3 is 35.6 Å². The summed E-state index contributed by atoms with van der Waals surface area (Å²) >= 11 is -0.556. The van der Waals surface area contributed by atoms with Gasteiger partial charge in [-0.2, -0.15) is 0 Å². The van der Waals surface area contributed by atoms with E-state index >= 15 is 0 Å². The van der Waals surface area contributed by atoms with Crippen LogP contribution in [0.5, 0.6) is 0 Å². The van der Waals surface area contributed by atoms with Crippen LogP contribution in [0.25, 0.3) is 4.98 Å². The third kappa shape index (κ3) is 34.4. The first-order chi connectivity index (χ1) is 4.54. The van der Waals surface area contributed by atoms with E-state index in [1.165, 1.54) is 0 Å². The summed E-state index contributed by atoms with van der Waals surface area (Å²) in [7, 11) is 9.47. The van der Waals surface area contributed by atoms with Gasteiger partial charge in [-0.15, -0.1) is 6.04 Å². The Morgan fingerprint density at radius 3 is 1.55 bits per heavy atom. The summed E-state index contributed by atoms with van der Waals surface area (Å²) < 4.78 is 0. The quantitative estimate of drug-likeness (QED) is 0.521. The van der Waals surface area contributed by atoms with Crippen molar-refractivity contribution in [1.82, 2.24) is 0 Å². The first kappa shape index (κ1) is 18.3. The Morgan fingerprint density at radius 2 is 1.55 bits per heavy atom. The molecule has 0 unspecified atom stereocenters. The third-order valence-electron chi connectivity index (χ3n) is 0.516. The average molecular weight is 249 g/mol. The molecule has 0 heterocycles. The van der Waals surface area contributed by atoms with Crippen LogP contribution in [-0.2, 0) is 17.0 Å². The molecule has 0 N–H and O–H groups in total. The van der Waals surface area contributed by atoms with Gasteiger partial charge in [-0.1, -0.05) is 35.9 Å². The van der Waals surface area contributed by atoms with Crippen LogP contribution >= 0.6 is 18.6 Å². The Morgan fingerprint density at radius 1 is 1.27 bits per heavy atom. The van der Waals surface area contributed by atoms with Gasteiger partial charge in [0, 0.05) is 0 Å². The zero-order chi connectivity index (χ0) is 8.57. The maximum atomic E-state index is 4.89. The van der Waals surface area contributed by atoms with Crippen molar-refractivity contribution < 1.29 is 17.0 Å². The second-order valence-corrected chi connectivity index (χ2v) is 6.97. The molecule has 0 spiro atoms. The van der Waals surface area contributed by atoms with Crippen molar-refractivity contribution in [2.45, 2.75) is 33.0 Å². The van der Waals surface area contributed by atoms with Crippen molar-refractivity contribution in [3.05, 3.63) is 12.4 Å². The summed E-state index contributed by atoms with van der Waals surface area (Å²) in [4.78, 5) is 4.38.